The molecule has 3 aromatic rings. The molecule has 0 saturated carbocycles. The fourth-order valence-corrected chi connectivity index (χ4v) is 4.02. The first-order valence-corrected chi connectivity index (χ1v) is 12.9. The van der Waals surface area contributed by atoms with Crippen molar-refractivity contribution >= 4 is 35.3 Å². The summed E-state index contributed by atoms with van der Waals surface area (Å²) in [6.45, 7) is 9.00. The molecule has 0 bridgehead atoms. The van der Waals surface area contributed by atoms with Gasteiger partial charge in [0, 0.05) is 30.2 Å². The number of phenols is 1. The highest BCUT2D eigenvalue weighted by molar-refractivity contribution is 6.31. The van der Waals surface area contributed by atoms with E-state index in [2.05, 4.69) is 46.5 Å². The molecular weight excluding hydrogens is 502 g/mol. The van der Waals surface area contributed by atoms with Crippen molar-refractivity contribution in [3.05, 3.63) is 94.0 Å². The lowest BCUT2D eigenvalue weighted by Gasteiger charge is -2.23. The van der Waals surface area contributed by atoms with Crippen LogP contribution >= 0.6 is 11.6 Å². The molecule has 0 unspecified atom stereocenters. The molecule has 0 fully saturated rings. The summed E-state index contributed by atoms with van der Waals surface area (Å²) in [4.78, 5) is 30.5. The summed E-state index contributed by atoms with van der Waals surface area (Å²) in [6.07, 6.45) is 1.45. The Morgan fingerprint density at radius 3 is 2.42 bits per heavy atom. The van der Waals surface area contributed by atoms with Crippen LogP contribution in [0.4, 0.5) is 5.69 Å². The fourth-order valence-electron chi connectivity index (χ4n) is 3.85. The van der Waals surface area contributed by atoms with Crippen LogP contribution in [0.5, 0.6) is 5.75 Å². The Kier molecular flexibility index (Phi) is 10.8. The maximum absolute atomic E-state index is 13.1. The van der Waals surface area contributed by atoms with Crippen molar-refractivity contribution in [3.63, 3.8) is 0 Å². The molecule has 0 heterocycles. The first-order chi connectivity index (χ1) is 18.3. The number of halogens is 1. The molecule has 0 atom stereocenters. The fraction of sp³-hybridized carbons (Fsp3) is 0.276. The highest BCUT2D eigenvalue weighted by Crippen LogP contribution is 2.22. The minimum atomic E-state index is -0.526. The van der Waals surface area contributed by atoms with Gasteiger partial charge in [0.05, 0.1) is 17.5 Å². The predicted molar refractivity (Wildman–Crippen MR) is 153 cm³/mol. The highest BCUT2D eigenvalue weighted by Gasteiger charge is 2.16. The normalized spacial score (nSPS) is 11.3. The van der Waals surface area contributed by atoms with Gasteiger partial charge in [-0.2, -0.15) is 5.10 Å². The summed E-state index contributed by atoms with van der Waals surface area (Å²) >= 11 is 6.13. The number of hydrogen-bond acceptors (Lipinski definition) is 6. The van der Waals surface area contributed by atoms with E-state index in [1.54, 1.807) is 30.3 Å². The number of aromatic hydroxyl groups is 1. The number of anilines is 1. The standard InChI is InChI=1S/C29H34ClN5O3/c1-4-35(5-2)16-15-34(3)20-22-7-6-8-23(17-22)28(37)32-27-14-11-24(30)18-26(27)29(38)33-31-19-21-9-12-25(36)13-10-21/h6-14,17-19,36H,4-5,15-16,20H2,1-3H3,(H,32,37)(H,33,38)/b31-19+. The Balaban J connectivity index is 1.66. The van der Waals surface area contributed by atoms with Crippen LogP contribution in [0.25, 0.3) is 0 Å². The van der Waals surface area contributed by atoms with Crippen LogP contribution in [-0.2, 0) is 6.54 Å². The molecule has 0 aliphatic heterocycles. The van der Waals surface area contributed by atoms with Gasteiger partial charge in [0.15, 0.2) is 0 Å². The molecule has 3 aromatic carbocycles. The monoisotopic (exact) mass is 535 g/mol. The second-order valence-corrected chi connectivity index (χ2v) is 9.34. The zero-order valence-corrected chi connectivity index (χ0v) is 22.7. The molecule has 0 aromatic heterocycles. The first-order valence-electron chi connectivity index (χ1n) is 12.5. The number of hydrazone groups is 1. The first kappa shape index (κ1) is 28.8. The number of amides is 2. The van der Waals surface area contributed by atoms with E-state index in [1.165, 1.54) is 24.4 Å². The molecule has 3 rings (SSSR count). The van der Waals surface area contributed by atoms with Crippen molar-refractivity contribution in [2.75, 3.05) is 38.5 Å². The number of benzene rings is 3. The van der Waals surface area contributed by atoms with Gasteiger partial charge in [-0.15, -0.1) is 0 Å². The van der Waals surface area contributed by atoms with Crippen LogP contribution < -0.4 is 10.7 Å². The summed E-state index contributed by atoms with van der Waals surface area (Å²) in [5.74, 6) is -0.721. The predicted octanol–water partition coefficient (Wildman–Crippen LogP) is 4.84. The lowest BCUT2D eigenvalue weighted by atomic mass is 10.1. The SMILES string of the molecule is CCN(CC)CCN(C)Cc1cccc(C(=O)Nc2ccc(Cl)cc2C(=O)N/N=C/c2ccc(O)cc2)c1. The maximum Gasteiger partial charge on any atom is 0.273 e. The summed E-state index contributed by atoms with van der Waals surface area (Å²) in [7, 11) is 2.07. The quantitative estimate of drug-likeness (QED) is 0.228. The van der Waals surface area contributed by atoms with Crippen LogP contribution in [0.2, 0.25) is 5.02 Å². The topological polar surface area (TPSA) is 97.3 Å². The van der Waals surface area contributed by atoms with Gasteiger partial charge in [0.25, 0.3) is 11.8 Å². The number of nitrogens with one attached hydrogen (secondary N) is 2. The molecule has 0 aliphatic carbocycles. The third kappa shape index (κ3) is 8.69. The van der Waals surface area contributed by atoms with Crippen molar-refractivity contribution in [3.8, 4) is 5.75 Å². The number of rotatable bonds is 12. The smallest absolute Gasteiger partial charge is 0.273 e. The summed E-state index contributed by atoms with van der Waals surface area (Å²) in [6, 6.07) is 18.5. The van der Waals surface area contributed by atoms with Crippen LogP contribution in [0.15, 0.2) is 71.8 Å². The van der Waals surface area contributed by atoms with Crippen molar-refractivity contribution < 1.29 is 14.7 Å². The Morgan fingerprint density at radius 1 is 0.974 bits per heavy atom. The van der Waals surface area contributed by atoms with E-state index >= 15 is 0 Å². The van der Waals surface area contributed by atoms with Gasteiger partial charge < -0.3 is 20.2 Å². The molecule has 3 N–H and O–H groups in total. The Labute approximate surface area is 228 Å². The third-order valence-electron chi connectivity index (χ3n) is 6.08. The summed E-state index contributed by atoms with van der Waals surface area (Å²) in [5, 5.41) is 16.5. The van der Waals surface area contributed by atoms with E-state index in [0.29, 0.717) is 21.8 Å². The van der Waals surface area contributed by atoms with Crippen LogP contribution in [0.3, 0.4) is 0 Å². The molecule has 0 radical (unpaired) electrons. The molecule has 0 aliphatic rings. The highest BCUT2D eigenvalue weighted by atomic mass is 35.5. The van der Waals surface area contributed by atoms with Crippen LogP contribution in [-0.4, -0.2) is 66.2 Å². The number of carbonyl (C=O) groups excluding carboxylic acids is 2. The zero-order valence-electron chi connectivity index (χ0n) is 21.9. The zero-order chi connectivity index (χ0) is 27.5. The largest absolute Gasteiger partial charge is 0.508 e. The lowest BCUT2D eigenvalue weighted by Crippen LogP contribution is -2.32. The molecular formula is C29H34ClN5O3. The molecule has 38 heavy (non-hydrogen) atoms. The van der Waals surface area contributed by atoms with Gasteiger partial charge in [0.2, 0.25) is 0 Å². The molecule has 200 valence electrons. The van der Waals surface area contributed by atoms with Gasteiger partial charge in [-0.3, -0.25) is 9.59 Å². The van der Waals surface area contributed by atoms with Crippen LogP contribution in [0.1, 0.15) is 45.7 Å². The average Bonchev–Trinajstić information content (AvgIpc) is 2.91. The van der Waals surface area contributed by atoms with Gasteiger partial charge in [-0.1, -0.05) is 37.6 Å². The van der Waals surface area contributed by atoms with E-state index < -0.39 is 5.91 Å². The Morgan fingerprint density at radius 2 is 1.71 bits per heavy atom. The van der Waals surface area contributed by atoms with Crippen molar-refractivity contribution in [2.45, 2.75) is 20.4 Å². The number of likely N-dealkylation sites (N-methyl/N-ethyl adjacent to an activating group) is 2. The van der Waals surface area contributed by atoms with Crippen molar-refractivity contribution in [1.82, 2.24) is 15.2 Å². The van der Waals surface area contributed by atoms with E-state index in [4.69, 9.17) is 11.6 Å². The van der Waals surface area contributed by atoms with Crippen molar-refractivity contribution in [2.24, 2.45) is 5.10 Å². The van der Waals surface area contributed by atoms with E-state index in [1.807, 2.05) is 18.2 Å². The minimum absolute atomic E-state index is 0.137. The maximum atomic E-state index is 13.1. The minimum Gasteiger partial charge on any atom is -0.508 e. The Hall–Kier alpha value is -3.72. The molecule has 2 amide bonds. The molecule has 8 nitrogen and oxygen atoms in total. The second-order valence-electron chi connectivity index (χ2n) is 8.90. The number of nitrogens with zero attached hydrogens (tertiary/aromatic N) is 3. The lowest BCUT2D eigenvalue weighted by molar-refractivity contribution is 0.0956. The number of phenolic OH excluding ortho intramolecular Hbond substituents is 1. The van der Waals surface area contributed by atoms with E-state index in [9.17, 15) is 14.7 Å². The molecule has 0 saturated heterocycles. The third-order valence-corrected chi connectivity index (χ3v) is 6.32. The van der Waals surface area contributed by atoms with Crippen molar-refractivity contribution in [1.29, 1.82) is 0 Å². The van der Waals surface area contributed by atoms with Gasteiger partial charge >= 0.3 is 0 Å². The Bertz CT molecular complexity index is 1260. The van der Waals surface area contributed by atoms with Gasteiger partial charge in [0.1, 0.15) is 5.75 Å². The molecule has 9 heteroatoms. The van der Waals surface area contributed by atoms with E-state index in [-0.39, 0.29) is 17.2 Å². The summed E-state index contributed by atoms with van der Waals surface area (Å²) in [5.41, 5.74) is 5.16. The number of carbonyl (C=O) groups is 2. The second kappa shape index (κ2) is 14.3. The average molecular weight is 536 g/mol. The van der Waals surface area contributed by atoms with Gasteiger partial charge in [-0.25, -0.2) is 5.43 Å². The van der Waals surface area contributed by atoms with E-state index in [0.717, 1.165) is 38.3 Å². The molecule has 0 spiro atoms. The summed E-state index contributed by atoms with van der Waals surface area (Å²) < 4.78 is 0. The van der Waals surface area contributed by atoms with Crippen LogP contribution in [0, 0.1) is 0 Å². The number of hydrogen-bond donors (Lipinski definition) is 3. The van der Waals surface area contributed by atoms with Gasteiger partial charge in [-0.05, 0) is 85.9 Å².